The Morgan fingerprint density at radius 1 is 1.53 bits per heavy atom. The summed E-state index contributed by atoms with van der Waals surface area (Å²) in [5, 5.41) is 8.40. The minimum absolute atomic E-state index is 0.0733. The molecule has 0 spiro atoms. The van der Waals surface area contributed by atoms with Crippen LogP contribution in [0.25, 0.3) is 6.08 Å². The third-order valence-electron chi connectivity index (χ3n) is 2.04. The second-order valence-corrected chi connectivity index (χ2v) is 3.31. The van der Waals surface area contributed by atoms with E-state index in [9.17, 15) is 9.18 Å². The highest BCUT2D eigenvalue weighted by molar-refractivity contribution is 5.67. The maximum atomic E-state index is 13.4. The molecular weight excluding hydrogens is 195 g/mol. The molecule has 0 aliphatic carbocycles. The van der Waals surface area contributed by atoms with Gasteiger partial charge in [-0.1, -0.05) is 30.4 Å². The van der Waals surface area contributed by atoms with Crippen molar-refractivity contribution in [2.45, 2.75) is 19.8 Å². The highest BCUT2D eigenvalue weighted by Gasteiger charge is 2.00. The molecule has 0 saturated heterocycles. The Morgan fingerprint density at radius 2 is 2.27 bits per heavy atom. The van der Waals surface area contributed by atoms with Crippen molar-refractivity contribution in [2.24, 2.45) is 0 Å². The fourth-order valence-electron chi connectivity index (χ4n) is 1.22. The van der Waals surface area contributed by atoms with Gasteiger partial charge in [0.05, 0.1) is 0 Å². The monoisotopic (exact) mass is 208 g/mol. The van der Waals surface area contributed by atoms with Crippen molar-refractivity contribution in [2.75, 3.05) is 0 Å². The van der Waals surface area contributed by atoms with E-state index in [1.165, 1.54) is 0 Å². The molecule has 0 saturated carbocycles. The van der Waals surface area contributed by atoms with E-state index in [4.69, 9.17) is 5.11 Å². The number of halogens is 1. The number of hydrogen-bond donors (Lipinski definition) is 1. The van der Waals surface area contributed by atoms with Crippen LogP contribution in [0.3, 0.4) is 0 Å². The molecule has 1 rings (SSSR count). The van der Waals surface area contributed by atoms with Gasteiger partial charge >= 0.3 is 5.97 Å². The molecule has 80 valence electrons. The summed E-state index contributed by atoms with van der Waals surface area (Å²) in [7, 11) is 0. The van der Waals surface area contributed by atoms with E-state index in [1.807, 2.05) is 0 Å². The minimum Gasteiger partial charge on any atom is -0.481 e. The van der Waals surface area contributed by atoms with Crippen molar-refractivity contribution in [3.8, 4) is 0 Å². The molecule has 0 bridgehead atoms. The highest BCUT2D eigenvalue weighted by atomic mass is 19.1. The number of benzene rings is 1. The number of allylic oxidation sites excluding steroid dienone is 1. The lowest BCUT2D eigenvalue weighted by atomic mass is 10.1. The summed E-state index contributed by atoms with van der Waals surface area (Å²) in [4.78, 5) is 10.2. The summed E-state index contributed by atoms with van der Waals surface area (Å²) in [6.07, 6.45) is 3.78. The predicted molar refractivity (Wildman–Crippen MR) is 57.0 cm³/mol. The van der Waals surface area contributed by atoms with Gasteiger partial charge in [-0.2, -0.15) is 0 Å². The van der Waals surface area contributed by atoms with Crippen molar-refractivity contribution in [3.63, 3.8) is 0 Å². The Hall–Kier alpha value is -1.64. The first kappa shape index (κ1) is 11.4. The topological polar surface area (TPSA) is 37.3 Å². The van der Waals surface area contributed by atoms with Crippen LogP contribution < -0.4 is 0 Å². The van der Waals surface area contributed by atoms with Crippen molar-refractivity contribution >= 4 is 12.0 Å². The van der Waals surface area contributed by atoms with E-state index in [1.54, 1.807) is 37.3 Å². The lowest BCUT2D eigenvalue weighted by Gasteiger charge is -1.99. The average molecular weight is 208 g/mol. The van der Waals surface area contributed by atoms with Crippen LogP contribution in [-0.2, 0) is 4.79 Å². The lowest BCUT2D eigenvalue weighted by Crippen LogP contribution is -1.91. The Morgan fingerprint density at radius 3 is 2.93 bits per heavy atom. The van der Waals surface area contributed by atoms with E-state index >= 15 is 0 Å². The first-order valence-electron chi connectivity index (χ1n) is 4.74. The van der Waals surface area contributed by atoms with Crippen LogP contribution in [0.1, 0.15) is 24.0 Å². The predicted octanol–water partition coefficient (Wildman–Crippen LogP) is 3.01. The molecule has 3 heteroatoms. The van der Waals surface area contributed by atoms with Crippen LogP contribution in [-0.4, -0.2) is 11.1 Å². The zero-order valence-corrected chi connectivity index (χ0v) is 8.53. The van der Waals surface area contributed by atoms with Gasteiger partial charge in [-0.15, -0.1) is 0 Å². The fourth-order valence-corrected chi connectivity index (χ4v) is 1.22. The zero-order chi connectivity index (χ0) is 11.3. The molecule has 1 aromatic carbocycles. The molecule has 0 aliphatic heterocycles. The van der Waals surface area contributed by atoms with Crippen LogP contribution in [0.5, 0.6) is 0 Å². The number of rotatable bonds is 4. The second-order valence-electron chi connectivity index (χ2n) is 3.31. The van der Waals surface area contributed by atoms with Gasteiger partial charge in [0.15, 0.2) is 0 Å². The highest BCUT2D eigenvalue weighted by Crippen LogP contribution is 2.13. The van der Waals surface area contributed by atoms with Gasteiger partial charge in [0.2, 0.25) is 0 Å². The van der Waals surface area contributed by atoms with Crippen LogP contribution in [0, 0.1) is 12.7 Å². The molecule has 1 N–H and O–H groups in total. The zero-order valence-electron chi connectivity index (χ0n) is 8.53. The van der Waals surface area contributed by atoms with Crippen molar-refractivity contribution in [1.29, 1.82) is 0 Å². The first-order valence-corrected chi connectivity index (χ1v) is 4.74. The lowest BCUT2D eigenvalue weighted by molar-refractivity contribution is -0.136. The van der Waals surface area contributed by atoms with Crippen molar-refractivity contribution < 1.29 is 14.3 Å². The summed E-state index contributed by atoms with van der Waals surface area (Å²) in [5.41, 5.74) is 1.09. The SMILES string of the molecule is Cc1cccc(C=CCCC(=O)O)c1F. The van der Waals surface area contributed by atoms with Crippen molar-refractivity contribution in [1.82, 2.24) is 0 Å². The molecule has 0 radical (unpaired) electrons. The van der Waals surface area contributed by atoms with Gasteiger partial charge in [0.25, 0.3) is 0 Å². The molecule has 0 aliphatic rings. The van der Waals surface area contributed by atoms with Crippen molar-refractivity contribution in [3.05, 3.63) is 41.2 Å². The first-order chi connectivity index (χ1) is 7.11. The third kappa shape index (κ3) is 3.54. The molecule has 2 nitrogen and oxygen atoms in total. The number of carbonyl (C=O) groups is 1. The molecule has 15 heavy (non-hydrogen) atoms. The average Bonchev–Trinajstić information content (AvgIpc) is 2.18. The largest absolute Gasteiger partial charge is 0.481 e. The third-order valence-corrected chi connectivity index (χ3v) is 2.04. The molecule has 0 atom stereocenters. The maximum absolute atomic E-state index is 13.4. The van der Waals surface area contributed by atoms with Crippen LogP contribution in [0.4, 0.5) is 4.39 Å². The quantitative estimate of drug-likeness (QED) is 0.825. The van der Waals surface area contributed by atoms with E-state index < -0.39 is 5.97 Å². The Labute approximate surface area is 88.1 Å². The summed E-state index contributed by atoms with van der Waals surface area (Å²) >= 11 is 0. The second kappa shape index (κ2) is 5.29. The van der Waals surface area contributed by atoms with Gasteiger partial charge in [-0.3, -0.25) is 4.79 Å². The van der Waals surface area contributed by atoms with E-state index in [0.717, 1.165) is 0 Å². The number of aliphatic carboxylic acids is 1. The van der Waals surface area contributed by atoms with Gasteiger partial charge in [0.1, 0.15) is 5.82 Å². The minimum atomic E-state index is -0.843. The van der Waals surface area contributed by atoms with E-state index in [0.29, 0.717) is 17.5 Å². The van der Waals surface area contributed by atoms with Gasteiger partial charge < -0.3 is 5.11 Å². The molecule has 0 amide bonds. The number of hydrogen-bond acceptors (Lipinski definition) is 1. The Balaban J connectivity index is 2.64. The molecule has 0 aromatic heterocycles. The molecule has 0 unspecified atom stereocenters. The van der Waals surface area contributed by atoms with Crippen LogP contribution in [0.2, 0.25) is 0 Å². The Kier molecular flexibility index (Phi) is 4.03. The summed E-state index contributed by atoms with van der Waals surface area (Å²) < 4.78 is 13.4. The van der Waals surface area contributed by atoms with E-state index in [-0.39, 0.29) is 12.2 Å². The summed E-state index contributed by atoms with van der Waals surface area (Å²) in [6.45, 7) is 1.70. The number of aryl methyl sites for hydroxylation is 1. The van der Waals surface area contributed by atoms with E-state index in [2.05, 4.69) is 0 Å². The van der Waals surface area contributed by atoms with Gasteiger partial charge in [-0.25, -0.2) is 4.39 Å². The summed E-state index contributed by atoms with van der Waals surface area (Å²) in [6, 6.07) is 5.14. The Bertz CT molecular complexity index is 383. The molecular formula is C12H13FO2. The standard InChI is InChI=1S/C12H13FO2/c1-9-5-4-7-10(12(9)13)6-2-3-8-11(14)15/h2,4-7H,3,8H2,1H3,(H,14,15). The summed E-state index contributed by atoms with van der Waals surface area (Å²) in [5.74, 6) is -1.09. The molecule has 0 heterocycles. The maximum Gasteiger partial charge on any atom is 0.303 e. The molecule has 0 fully saturated rings. The van der Waals surface area contributed by atoms with Gasteiger partial charge in [-0.05, 0) is 18.9 Å². The van der Waals surface area contributed by atoms with Crippen LogP contribution >= 0.6 is 0 Å². The number of carboxylic acid groups (broad SMARTS) is 1. The smallest absolute Gasteiger partial charge is 0.303 e. The number of carboxylic acids is 1. The normalized spacial score (nSPS) is 10.8. The van der Waals surface area contributed by atoms with Crippen LogP contribution in [0.15, 0.2) is 24.3 Å². The molecule has 1 aromatic rings. The van der Waals surface area contributed by atoms with Gasteiger partial charge in [0, 0.05) is 12.0 Å². The fraction of sp³-hybridized carbons (Fsp3) is 0.250.